The highest BCUT2D eigenvalue weighted by atomic mass is 15.2. The van der Waals surface area contributed by atoms with E-state index in [0.29, 0.717) is 0 Å². The maximum Gasteiger partial charge on any atom is 0.0606 e. The maximum absolute atomic E-state index is 4.23. The molecule has 1 N–H and O–H groups in total. The Kier molecular flexibility index (Phi) is 3.67. The molecular formula is C14H20N4. The number of aryl methyl sites for hydroxylation is 1. The van der Waals surface area contributed by atoms with Gasteiger partial charge in [-0.15, -0.1) is 0 Å². The number of aromatic nitrogens is 2. The number of benzene rings is 1. The largest absolute Gasteiger partial charge is 0.378 e. The summed E-state index contributed by atoms with van der Waals surface area (Å²) in [6, 6.07) is 8.72. The van der Waals surface area contributed by atoms with E-state index >= 15 is 0 Å². The number of nitrogens with zero attached hydrogens (tertiary/aromatic N) is 3. The SMILES string of the molecule is CNC(c1cccc(N(C)C)c1)c1cnn(C)c1. The number of hydrogen-bond donors (Lipinski definition) is 1. The average molecular weight is 244 g/mol. The normalized spacial score (nSPS) is 12.4. The molecule has 2 aromatic rings. The minimum absolute atomic E-state index is 0.179. The van der Waals surface area contributed by atoms with Crippen molar-refractivity contribution in [3.8, 4) is 0 Å². The summed E-state index contributed by atoms with van der Waals surface area (Å²) in [5.74, 6) is 0. The van der Waals surface area contributed by atoms with Crippen LogP contribution in [0.4, 0.5) is 5.69 Å². The molecule has 96 valence electrons. The molecule has 4 nitrogen and oxygen atoms in total. The van der Waals surface area contributed by atoms with Gasteiger partial charge in [0.1, 0.15) is 0 Å². The first-order valence-electron chi connectivity index (χ1n) is 6.05. The molecule has 2 rings (SSSR count). The van der Waals surface area contributed by atoms with Crippen LogP contribution in [0.5, 0.6) is 0 Å². The summed E-state index contributed by atoms with van der Waals surface area (Å²) in [6.45, 7) is 0. The second-order valence-corrected chi connectivity index (χ2v) is 4.66. The van der Waals surface area contributed by atoms with Crippen LogP contribution in [0.3, 0.4) is 0 Å². The third-order valence-corrected chi connectivity index (χ3v) is 3.07. The highest BCUT2D eigenvalue weighted by Crippen LogP contribution is 2.24. The van der Waals surface area contributed by atoms with Crippen molar-refractivity contribution in [1.82, 2.24) is 15.1 Å². The summed E-state index contributed by atoms with van der Waals surface area (Å²) in [7, 11) is 8.02. The van der Waals surface area contributed by atoms with E-state index < -0.39 is 0 Å². The standard InChI is InChI=1S/C14H20N4/c1-15-14(12-9-16-18(4)10-12)11-6-5-7-13(8-11)17(2)3/h5-10,14-15H,1-4H3. The number of rotatable bonds is 4. The van der Waals surface area contributed by atoms with Crippen LogP contribution in [0.1, 0.15) is 17.2 Å². The van der Waals surface area contributed by atoms with Gasteiger partial charge in [0.25, 0.3) is 0 Å². The fourth-order valence-electron chi connectivity index (χ4n) is 2.10. The monoisotopic (exact) mass is 244 g/mol. The van der Waals surface area contributed by atoms with Gasteiger partial charge in [-0.1, -0.05) is 12.1 Å². The molecule has 0 aliphatic heterocycles. The molecular weight excluding hydrogens is 224 g/mol. The molecule has 0 bridgehead atoms. The summed E-state index contributed by atoms with van der Waals surface area (Å²) < 4.78 is 1.83. The van der Waals surface area contributed by atoms with Crippen molar-refractivity contribution in [2.45, 2.75) is 6.04 Å². The number of anilines is 1. The zero-order valence-corrected chi connectivity index (χ0v) is 11.4. The number of hydrogen-bond acceptors (Lipinski definition) is 3. The molecule has 0 spiro atoms. The van der Waals surface area contributed by atoms with Crippen molar-refractivity contribution < 1.29 is 0 Å². The highest BCUT2D eigenvalue weighted by Gasteiger charge is 2.14. The van der Waals surface area contributed by atoms with E-state index in [2.05, 4.69) is 53.7 Å². The summed E-state index contributed by atoms with van der Waals surface area (Å²) in [5, 5.41) is 7.58. The lowest BCUT2D eigenvalue weighted by Crippen LogP contribution is -2.18. The molecule has 0 amide bonds. The molecule has 1 aromatic carbocycles. The van der Waals surface area contributed by atoms with Crippen molar-refractivity contribution in [2.24, 2.45) is 7.05 Å². The van der Waals surface area contributed by atoms with E-state index in [9.17, 15) is 0 Å². The molecule has 0 radical (unpaired) electrons. The Morgan fingerprint density at radius 3 is 2.61 bits per heavy atom. The molecule has 1 heterocycles. The van der Waals surface area contributed by atoms with E-state index in [1.807, 2.05) is 31.2 Å². The average Bonchev–Trinajstić information content (AvgIpc) is 2.77. The van der Waals surface area contributed by atoms with Gasteiger partial charge in [-0.2, -0.15) is 5.10 Å². The van der Waals surface area contributed by atoms with Crippen molar-refractivity contribution in [3.63, 3.8) is 0 Å². The van der Waals surface area contributed by atoms with Gasteiger partial charge in [0, 0.05) is 38.6 Å². The van der Waals surface area contributed by atoms with Crippen LogP contribution in [0.2, 0.25) is 0 Å². The maximum atomic E-state index is 4.23. The molecule has 0 aliphatic carbocycles. The number of nitrogens with one attached hydrogen (secondary N) is 1. The molecule has 0 aliphatic rings. The van der Waals surface area contributed by atoms with Gasteiger partial charge in [0.15, 0.2) is 0 Å². The van der Waals surface area contributed by atoms with Gasteiger partial charge in [-0.3, -0.25) is 4.68 Å². The van der Waals surface area contributed by atoms with Gasteiger partial charge in [-0.05, 0) is 24.7 Å². The lowest BCUT2D eigenvalue weighted by molar-refractivity contribution is 0.689. The Morgan fingerprint density at radius 2 is 2.06 bits per heavy atom. The fraction of sp³-hybridized carbons (Fsp3) is 0.357. The smallest absolute Gasteiger partial charge is 0.0606 e. The molecule has 0 saturated heterocycles. The van der Waals surface area contributed by atoms with Crippen molar-refractivity contribution in [2.75, 3.05) is 26.0 Å². The van der Waals surface area contributed by atoms with Gasteiger partial charge >= 0.3 is 0 Å². The Balaban J connectivity index is 2.35. The Labute approximate surface area is 108 Å². The first kappa shape index (κ1) is 12.6. The third kappa shape index (κ3) is 2.54. The molecule has 0 fully saturated rings. The highest BCUT2D eigenvalue weighted by molar-refractivity contribution is 5.49. The van der Waals surface area contributed by atoms with E-state index in [1.54, 1.807) is 0 Å². The van der Waals surface area contributed by atoms with Crippen LogP contribution in [0.25, 0.3) is 0 Å². The zero-order chi connectivity index (χ0) is 13.1. The van der Waals surface area contributed by atoms with Crippen LogP contribution >= 0.6 is 0 Å². The van der Waals surface area contributed by atoms with Gasteiger partial charge < -0.3 is 10.2 Å². The van der Waals surface area contributed by atoms with E-state index in [-0.39, 0.29) is 6.04 Å². The van der Waals surface area contributed by atoms with Crippen LogP contribution < -0.4 is 10.2 Å². The van der Waals surface area contributed by atoms with Crippen LogP contribution in [0, 0.1) is 0 Å². The van der Waals surface area contributed by atoms with Gasteiger partial charge in [0.2, 0.25) is 0 Å². The zero-order valence-electron chi connectivity index (χ0n) is 11.4. The van der Waals surface area contributed by atoms with Gasteiger partial charge in [0.05, 0.1) is 12.2 Å². The molecule has 1 atom stereocenters. The van der Waals surface area contributed by atoms with Crippen molar-refractivity contribution in [3.05, 3.63) is 47.8 Å². The van der Waals surface area contributed by atoms with Crippen molar-refractivity contribution >= 4 is 5.69 Å². The minimum Gasteiger partial charge on any atom is -0.378 e. The molecule has 4 heteroatoms. The lowest BCUT2D eigenvalue weighted by Gasteiger charge is -2.18. The van der Waals surface area contributed by atoms with E-state index in [4.69, 9.17) is 0 Å². The minimum atomic E-state index is 0.179. The first-order valence-corrected chi connectivity index (χ1v) is 6.05. The fourth-order valence-corrected chi connectivity index (χ4v) is 2.10. The second kappa shape index (κ2) is 5.23. The summed E-state index contributed by atoms with van der Waals surface area (Å²) in [6.07, 6.45) is 3.95. The Morgan fingerprint density at radius 1 is 1.28 bits per heavy atom. The lowest BCUT2D eigenvalue weighted by atomic mass is 10.0. The molecule has 1 aromatic heterocycles. The Bertz CT molecular complexity index is 516. The van der Waals surface area contributed by atoms with Crippen LogP contribution in [-0.4, -0.2) is 30.9 Å². The van der Waals surface area contributed by atoms with Crippen LogP contribution in [0.15, 0.2) is 36.7 Å². The topological polar surface area (TPSA) is 33.1 Å². The quantitative estimate of drug-likeness (QED) is 0.890. The van der Waals surface area contributed by atoms with Gasteiger partial charge in [-0.25, -0.2) is 0 Å². The predicted molar refractivity (Wildman–Crippen MR) is 74.9 cm³/mol. The second-order valence-electron chi connectivity index (χ2n) is 4.66. The molecule has 18 heavy (non-hydrogen) atoms. The van der Waals surface area contributed by atoms with E-state index in [0.717, 1.165) is 0 Å². The summed E-state index contributed by atoms with van der Waals surface area (Å²) in [4.78, 5) is 2.11. The van der Waals surface area contributed by atoms with Crippen LogP contribution in [-0.2, 0) is 7.05 Å². The van der Waals surface area contributed by atoms with Crippen molar-refractivity contribution in [1.29, 1.82) is 0 Å². The van der Waals surface area contributed by atoms with E-state index in [1.165, 1.54) is 16.8 Å². The summed E-state index contributed by atoms with van der Waals surface area (Å²) >= 11 is 0. The third-order valence-electron chi connectivity index (χ3n) is 3.07. The predicted octanol–water partition coefficient (Wildman–Crippen LogP) is 1.79. The Hall–Kier alpha value is -1.81. The summed E-state index contributed by atoms with van der Waals surface area (Å²) in [5.41, 5.74) is 3.63. The molecule has 1 unspecified atom stereocenters. The molecule has 0 saturated carbocycles. The first-order chi connectivity index (χ1) is 8.61.